The molecule has 2 N–H and O–H groups in total. The molecule has 3 aromatic rings. The van der Waals surface area contributed by atoms with Gasteiger partial charge in [-0.2, -0.15) is 0 Å². The molecule has 6 nitrogen and oxygen atoms in total. The minimum absolute atomic E-state index is 0.0456. The average molecular weight is 378 g/mol. The molecule has 1 aromatic heterocycles. The minimum atomic E-state index is -0.436. The summed E-state index contributed by atoms with van der Waals surface area (Å²) in [4.78, 5) is 32.4. The van der Waals surface area contributed by atoms with Crippen molar-refractivity contribution in [2.75, 3.05) is 5.32 Å². The number of amides is 1. The van der Waals surface area contributed by atoms with Crippen LogP contribution in [0.3, 0.4) is 0 Å². The number of benzene rings is 2. The largest absolute Gasteiger partial charge is 0.347 e. The van der Waals surface area contributed by atoms with E-state index in [1.54, 1.807) is 49.4 Å². The molecule has 1 amide bonds. The van der Waals surface area contributed by atoms with Crippen molar-refractivity contribution in [1.82, 2.24) is 15.3 Å². The van der Waals surface area contributed by atoms with Gasteiger partial charge in [-0.05, 0) is 32.0 Å². The first kappa shape index (κ1) is 19.2. The van der Waals surface area contributed by atoms with Gasteiger partial charge in [-0.15, -0.1) is 0 Å². The number of carbonyl (C=O) groups excluding carboxylic acids is 2. The Morgan fingerprint density at radius 2 is 1.82 bits per heavy atom. The Kier molecular flexibility index (Phi) is 5.74. The van der Waals surface area contributed by atoms with Crippen molar-refractivity contribution < 1.29 is 14.0 Å². The van der Waals surface area contributed by atoms with E-state index >= 15 is 0 Å². The zero-order valence-electron chi connectivity index (χ0n) is 15.5. The van der Waals surface area contributed by atoms with E-state index in [2.05, 4.69) is 20.6 Å². The number of hydrogen-bond acceptors (Lipinski definition) is 5. The number of nitrogens with one attached hydrogen (secondary N) is 2. The van der Waals surface area contributed by atoms with Gasteiger partial charge in [0.05, 0.1) is 0 Å². The van der Waals surface area contributed by atoms with Gasteiger partial charge in [0.1, 0.15) is 23.2 Å². The van der Waals surface area contributed by atoms with Crippen LogP contribution in [0, 0.1) is 12.7 Å². The van der Waals surface area contributed by atoms with Crippen LogP contribution in [0.1, 0.15) is 39.2 Å². The third-order valence-corrected chi connectivity index (χ3v) is 4.01. The van der Waals surface area contributed by atoms with Crippen LogP contribution in [0.15, 0.2) is 54.6 Å². The van der Waals surface area contributed by atoms with Gasteiger partial charge in [-0.3, -0.25) is 9.59 Å². The lowest BCUT2D eigenvalue weighted by atomic mass is 10.1. The van der Waals surface area contributed by atoms with Gasteiger partial charge >= 0.3 is 0 Å². The molecule has 7 heteroatoms. The minimum Gasteiger partial charge on any atom is -0.347 e. The van der Waals surface area contributed by atoms with Gasteiger partial charge in [0.15, 0.2) is 5.78 Å². The number of Topliss-reactive ketones (excluding diaryl/α,β-unsaturated/α-hetero) is 1. The summed E-state index contributed by atoms with van der Waals surface area (Å²) < 4.78 is 13.7. The van der Waals surface area contributed by atoms with Crippen LogP contribution < -0.4 is 10.6 Å². The first-order valence-electron chi connectivity index (χ1n) is 8.67. The molecule has 0 radical (unpaired) electrons. The van der Waals surface area contributed by atoms with E-state index in [0.29, 0.717) is 28.5 Å². The maximum atomic E-state index is 13.7. The molecule has 0 unspecified atom stereocenters. The van der Waals surface area contributed by atoms with Crippen LogP contribution in [0.25, 0.3) is 0 Å². The fourth-order valence-electron chi connectivity index (χ4n) is 2.62. The highest BCUT2D eigenvalue weighted by Crippen LogP contribution is 2.17. The standard InChI is InChI=1S/C21H19FN4O2/c1-13(27)15-7-5-8-17(10-15)26-20-11-19(24-14(2)25-20)21(28)23-12-16-6-3-4-9-18(16)22/h3-11H,12H2,1-2H3,(H,23,28)(H,24,25,26). The van der Waals surface area contributed by atoms with E-state index in [1.807, 2.05) is 0 Å². The average Bonchev–Trinajstić information content (AvgIpc) is 2.67. The van der Waals surface area contributed by atoms with Crippen molar-refractivity contribution in [2.45, 2.75) is 20.4 Å². The fourth-order valence-corrected chi connectivity index (χ4v) is 2.62. The number of halogens is 1. The molecule has 0 bridgehead atoms. The first-order valence-corrected chi connectivity index (χ1v) is 8.67. The lowest BCUT2D eigenvalue weighted by Crippen LogP contribution is -2.25. The molecule has 0 atom stereocenters. The first-order chi connectivity index (χ1) is 13.4. The summed E-state index contributed by atoms with van der Waals surface area (Å²) >= 11 is 0. The van der Waals surface area contributed by atoms with Crippen molar-refractivity contribution in [3.63, 3.8) is 0 Å². The molecule has 0 aliphatic rings. The lowest BCUT2D eigenvalue weighted by Gasteiger charge is -2.10. The maximum Gasteiger partial charge on any atom is 0.270 e. The van der Waals surface area contributed by atoms with E-state index in [9.17, 15) is 14.0 Å². The summed E-state index contributed by atoms with van der Waals surface area (Å²) in [7, 11) is 0. The van der Waals surface area contributed by atoms with Crippen LogP contribution >= 0.6 is 0 Å². The summed E-state index contributed by atoms with van der Waals surface area (Å²) in [5, 5.41) is 5.73. The van der Waals surface area contributed by atoms with E-state index < -0.39 is 5.91 Å². The second kappa shape index (κ2) is 8.39. The third-order valence-electron chi connectivity index (χ3n) is 4.01. The number of nitrogens with zero attached hydrogens (tertiary/aromatic N) is 2. The van der Waals surface area contributed by atoms with Gasteiger partial charge in [0.25, 0.3) is 5.91 Å². The summed E-state index contributed by atoms with van der Waals surface area (Å²) in [6, 6.07) is 14.7. The number of anilines is 2. The van der Waals surface area contributed by atoms with Crippen molar-refractivity contribution >= 4 is 23.2 Å². The Hall–Kier alpha value is -3.61. The lowest BCUT2D eigenvalue weighted by molar-refractivity contribution is 0.0944. The second-order valence-corrected chi connectivity index (χ2v) is 6.22. The highest BCUT2D eigenvalue weighted by atomic mass is 19.1. The van der Waals surface area contributed by atoms with Gasteiger partial charge in [0.2, 0.25) is 0 Å². The van der Waals surface area contributed by atoms with Crippen molar-refractivity contribution in [1.29, 1.82) is 0 Å². The van der Waals surface area contributed by atoms with Crippen molar-refractivity contribution in [3.8, 4) is 0 Å². The monoisotopic (exact) mass is 378 g/mol. The fraction of sp³-hybridized carbons (Fsp3) is 0.143. The Bertz CT molecular complexity index is 1040. The number of rotatable bonds is 6. The molecule has 0 saturated carbocycles. The van der Waals surface area contributed by atoms with Crippen molar-refractivity contribution in [3.05, 3.63) is 83.1 Å². The number of carbonyl (C=O) groups is 2. The smallest absolute Gasteiger partial charge is 0.270 e. The molecule has 3 rings (SSSR count). The van der Waals surface area contributed by atoms with Crippen LogP contribution in [0.2, 0.25) is 0 Å². The molecule has 28 heavy (non-hydrogen) atoms. The predicted molar refractivity (Wildman–Crippen MR) is 104 cm³/mol. The molecule has 0 fully saturated rings. The van der Waals surface area contributed by atoms with E-state index in [0.717, 1.165) is 0 Å². The van der Waals surface area contributed by atoms with Gasteiger partial charge in [0, 0.05) is 29.4 Å². The zero-order valence-corrected chi connectivity index (χ0v) is 15.5. The molecule has 0 spiro atoms. The van der Waals surface area contributed by atoms with Crippen LogP contribution in [0.5, 0.6) is 0 Å². The molecular formula is C21H19FN4O2. The van der Waals surface area contributed by atoms with E-state index in [4.69, 9.17) is 0 Å². The summed E-state index contributed by atoms with van der Waals surface area (Å²) in [5.74, 6) is -0.0348. The Morgan fingerprint density at radius 1 is 1.04 bits per heavy atom. The Balaban J connectivity index is 1.75. The molecule has 142 valence electrons. The summed E-state index contributed by atoms with van der Waals surface area (Å²) in [6.45, 7) is 3.22. The normalized spacial score (nSPS) is 10.4. The summed E-state index contributed by atoms with van der Waals surface area (Å²) in [5.41, 5.74) is 1.79. The van der Waals surface area contributed by atoms with Gasteiger partial charge in [-0.25, -0.2) is 14.4 Å². The maximum absolute atomic E-state index is 13.7. The van der Waals surface area contributed by atoms with Gasteiger partial charge < -0.3 is 10.6 Å². The third kappa shape index (κ3) is 4.76. The van der Waals surface area contributed by atoms with E-state index in [1.165, 1.54) is 19.1 Å². The van der Waals surface area contributed by atoms with Crippen LogP contribution in [0.4, 0.5) is 15.9 Å². The molecule has 0 aliphatic heterocycles. The number of aromatic nitrogens is 2. The van der Waals surface area contributed by atoms with E-state index in [-0.39, 0.29) is 23.8 Å². The number of hydrogen-bond donors (Lipinski definition) is 2. The topological polar surface area (TPSA) is 84.0 Å². The molecule has 0 aliphatic carbocycles. The molecule has 2 aromatic carbocycles. The zero-order chi connectivity index (χ0) is 20.1. The highest BCUT2D eigenvalue weighted by molar-refractivity contribution is 5.95. The molecule has 1 heterocycles. The summed E-state index contributed by atoms with van der Waals surface area (Å²) in [6.07, 6.45) is 0. The molecular weight excluding hydrogens is 359 g/mol. The molecule has 0 saturated heterocycles. The number of aryl methyl sites for hydroxylation is 1. The Labute approximate surface area is 161 Å². The SMILES string of the molecule is CC(=O)c1cccc(Nc2cc(C(=O)NCc3ccccc3F)nc(C)n2)c1. The number of ketones is 1. The van der Waals surface area contributed by atoms with Crippen LogP contribution in [-0.4, -0.2) is 21.7 Å². The Morgan fingerprint density at radius 3 is 2.57 bits per heavy atom. The second-order valence-electron chi connectivity index (χ2n) is 6.22. The van der Waals surface area contributed by atoms with Gasteiger partial charge in [-0.1, -0.05) is 30.3 Å². The predicted octanol–water partition coefficient (Wildman–Crippen LogP) is 3.80. The quantitative estimate of drug-likeness (QED) is 0.638. The van der Waals surface area contributed by atoms with Crippen LogP contribution in [-0.2, 0) is 6.54 Å². The highest BCUT2D eigenvalue weighted by Gasteiger charge is 2.12. The van der Waals surface area contributed by atoms with Crippen molar-refractivity contribution in [2.24, 2.45) is 0 Å².